The molecule has 2 aliphatic heterocycles. The van der Waals surface area contributed by atoms with E-state index in [-0.39, 0.29) is 6.04 Å². The molecule has 5 rings (SSSR count). The maximum Gasteiger partial charge on any atom is 0.243 e. The second-order valence-corrected chi connectivity index (χ2v) is 10.5. The Morgan fingerprint density at radius 3 is 2.56 bits per heavy atom. The minimum Gasteiger partial charge on any atom is -0.368 e. The van der Waals surface area contributed by atoms with Gasteiger partial charge in [-0.05, 0) is 31.7 Å². The number of aromatic amines is 1. The predicted octanol–water partition coefficient (Wildman–Crippen LogP) is 1.89. The van der Waals surface area contributed by atoms with Crippen molar-refractivity contribution in [3.8, 4) is 11.1 Å². The van der Waals surface area contributed by atoms with E-state index in [2.05, 4.69) is 25.5 Å². The Labute approximate surface area is 185 Å². The smallest absolute Gasteiger partial charge is 0.243 e. The fourth-order valence-corrected chi connectivity index (χ4v) is 5.40. The number of hydrogen-bond acceptors (Lipinski definition) is 7. The number of anilines is 2. The molecule has 0 amide bonds. The zero-order valence-electron chi connectivity index (χ0n) is 17.9. The monoisotopic (exact) mass is 462 g/mol. The Balaban J connectivity index is 1.44. The van der Waals surface area contributed by atoms with Gasteiger partial charge in [0.2, 0.25) is 16.0 Å². The second-order valence-electron chi connectivity index (χ2n) is 8.51. The number of alkyl halides is 1. The van der Waals surface area contributed by atoms with Crippen LogP contribution in [0.15, 0.2) is 24.7 Å². The molecule has 0 radical (unpaired) electrons. The van der Waals surface area contributed by atoms with Crippen molar-refractivity contribution in [1.29, 1.82) is 0 Å². The first-order valence-electron chi connectivity index (χ1n) is 10.9. The fourth-order valence-electron chi connectivity index (χ4n) is 4.52. The van der Waals surface area contributed by atoms with Gasteiger partial charge in [-0.25, -0.2) is 21.6 Å². The highest BCUT2D eigenvalue weighted by Gasteiger charge is 2.27. The van der Waals surface area contributed by atoms with Gasteiger partial charge < -0.3 is 10.2 Å². The van der Waals surface area contributed by atoms with Gasteiger partial charge in [0.1, 0.15) is 6.17 Å². The van der Waals surface area contributed by atoms with E-state index in [4.69, 9.17) is 4.98 Å². The number of sulfonamides is 1. The molecule has 0 bridgehead atoms. The summed E-state index contributed by atoms with van der Waals surface area (Å²) in [4.78, 5) is 6.96. The van der Waals surface area contributed by atoms with Gasteiger partial charge >= 0.3 is 0 Å². The third-order valence-electron chi connectivity index (χ3n) is 6.29. The molecule has 2 aliphatic rings. The van der Waals surface area contributed by atoms with Crippen LogP contribution in [0.5, 0.6) is 0 Å². The number of hydrogen-bond donors (Lipinski definition) is 2. The van der Waals surface area contributed by atoms with Crippen LogP contribution in [0.2, 0.25) is 0 Å². The molecule has 32 heavy (non-hydrogen) atoms. The van der Waals surface area contributed by atoms with Crippen LogP contribution in [0.1, 0.15) is 25.7 Å². The van der Waals surface area contributed by atoms with E-state index in [9.17, 15) is 12.8 Å². The van der Waals surface area contributed by atoms with Crippen LogP contribution in [-0.2, 0) is 10.0 Å². The molecule has 0 saturated carbocycles. The van der Waals surface area contributed by atoms with E-state index in [0.717, 1.165) is 16.8 Å². The van der Waals surface area contributed by atoms with Crippen LogP contribution in [0.3, 0.4) is 0 Å². The summed E-state index contributed by atoms with van der Waals surface area (Å²) in [5.74, 6) is 0.508. The summed E-state index contributed by atoms with van der Waals surface area (Å²) in [7, 11) is -3.16. The molecule has 0 aromatic carbocycles. The van der Waals surface area contributed by atoms with Gasteiger partial charge in [-0.2, -0.15) is 10.1 Å². The van der Waals surface area contributed by atoms with Gasteiger partial charge in [-0.3, -0.25) is 5.10 Å². The first-order valence-corrected chi connectivity index (χ1v) is 12.7. The van der Waals surface area contributed by atoms with E-state index in [1.54, 1.807) is 10.7 Å². The molecule has 10 nitrogen and oxygen atoms in total. The molecule has 0 unspecified atom stereocenters. The van der Waals surface area contributed by atoms with Crippen molar-refractivity contribution in [1.82, 2.24) is 29.1 Å². The summed E-state index contributed by atoms with van der Waals surface area (Å²) in [5, 5.41) is 14.9. The minimum atomic E-state index is -3.16. The summed E-state index contributed by atoms with van der Waals surface area (Å²) in [6, 6.07) is 2.09. The van der Waals surface area contributed by atoms with Crippen molar-refractivity contribution in [3.05, 3.63) is 24.7 Å². The van der Waals surface area contributed by atoms with E-state index < -0.39 is 16.2 Å². The largest absolute Gasteiger partial charge is 0.368 e. The fraction of sp³-hybridized carbons (Fsp3) is 0.550. The molecule has 0 atom stereocenters. The zero-order valence-corrected chi connectivity index (χ0v) is 18.7. The molecule has 12 heteroatoms. The van der Waals surface area contributed by atoms with Crippen molar-refractivity contribution in [2.24, 2.45) is 0 Å². The van der Waals surface area contributed by atoms with Gasteiger partial charge in [0.05, 0.1) is 18.1 Å². The zero-order chi connectivity index (χ0) is 22.3. The molecule has 3 aromatic heterocycles. The van der Waals surface area contributed by atoms with Gasteiger partial charge in [-0.1, -0.05) is 0 Å². The summed E-state index contributed by atoms with van der Waals surface area (Å²) in [5.41, 5.74) is 3.55. The van der Waals surface area contributed by atoms with E-state index in [1.807, 2.05) is 18.5 Å². The quantitative estimate of drug-likeness (QED) is 0.596. The van der Waals surface area contributed by atoms with Crippen molar-refractivity contribution in [2.45, 2.75) is 37.9 Å². The lowest BCUT2D eigenvalue weighted by Crippen LogP contribution is -2.41. The highest BCUT2D eigenvalue weighted by Crippen LogP contribution is 2.36. The lowest BCUT2D eigenvalue weighted by molar-refractivity contribution is 0.277. The van der Waals surface area contributed by atoms with Crippen molar-refractivity contribution in [2.75, 3.05) is 42.7 Å². The number of H-pyrrole nitrogens is 1. The highest BCUT2D eigenvalue weighted by atomic mass is 32.2. The summed E-state index contributed by atoms with van der Waals surface area (Å²) >= 11 is 0. The molecule has 172 valence electrons. The Kier molecular flexibility index (Phi) is 5.49. The number of piperidine rings is 2. The molecule has 2 N–H and O–H groups in total. The average Bonchev–Trinajstić information content (AvgIpc) is 3.43. The van der Waals surface area contributed by atoms with Crippen LogP contribution in [-0.4, -0.2) is 82.2 Å². The second kappa shape index (κ2) is 8.32. The predicted molar refractivity (Wildman–Crippen MR) is 120 cm³/mol. The van der Waals surface area contributed by atoms with Gasteiger partial charge in [0.15, 0.2) is 5.65 Å². The van der Waals surface area contributed by atoms with Crippen LogP contribution in [0.4, 0.5) is 16.0 Å². The Morgan fingerprint density at radius 2 is 1.91 bits per heavy atom. The maximum absolute atomic E-state index is 13.8. The van der Waals surface area contributed by atoms with Gasteiger partial charge in [0.25, 0.3) is 0 Å². The van der Waals surface area contributed by atoms with Crippen LogP contribution in [0, 0.1) is 0 Å². The summed E-state index contributed by atoms with van der Waals surface area (Å²) < 4.78 is 40.5. The number of fused-ring (bicyclic) bond motifs is 1. The number of rotatable bonds is 5. The van der Waals surface area contributed by atoms with Gasteiger partial charge in [0, 0.05) is 55.7 Å². The molecule has 2 saturated heterocycles. The van der Waals surface area contributed by atoms with Crippen molar-refractivity contribution < 1.29 is 12.8 Å². The molecule has 5 heterocycles. The highest BCUT2D eigenvalue weighted by molar-refractivity contribution is 7.88. The van der Waals surface area contributed by atoms with Crippen LogP contribution >= 0.6 is 0 Å². The standard InChI is InChI=1S/C20H27FN8O2S/c1-32(30,31)28-9-4-16(5-10-28)24-20-25-19-18(27-7-2-15(21)3-8-27)17(6-11-29(19)26-20)14-12-22-23-13-14/h6,11-13,15-16H,2-5,7-10H2,1H3,(H,22,23)(H,24,26). The van der Waals surface area contributed by atoms with E-state index >= 15 is 0 Å². The summed E-state index contributed by atoms with van der Waals surface area (Å²) in [6.07, 6.45) is 8.32. The number of aromatic nitrogens is 5. The Bertz CT molecular complexity index is 1180. The SMILES string of the molecule is CS(=O)(=O)N1CCC(Nc2nc3c(N4CCC(F)CC4)c(-c4cn[nH]c4)ccn3n2)CC1. The minimum absolute atomic E-state index is 0.101. The number of halogens is 1. The lowest BCUT2D eigenvalue weighted by atomic mass is 10.0. The number of nitrogens with zero attached hydrogens (tertiary/aromatic N) is 6. The summed E-state index contributed by atoms with van der Waals surface area (Å²) in [6.45, 7) is 2.20. The van der Waals surface area contributed by atoms with E-state index in [1.165, 1.54) is 10.6 Å². The molecular formula is C20H27FN8O2S. The molecule has 0 spiro atoms. The Morgan fingerprint density at radius 1 is 1.16 bits per heavy atom. The van der Waals surface area contributed by atoms with Crippen molar-refractivity contribution in [3.63, 3.8) is 0 Å². The first-order chi connectivity index (χ1) is 15.4. The average molecular weight is 463 g/mol. The first kappa shape index (κ1) is 21.1. The third-order valence-corrected chi connectivity index (χ3v) is 7.59. The molecule has 2 fully saturated rings. The Hall–Kier alpha value is -2.73. The molecular weight excluding hydrogens is 435 g/mol. The molecule has 3 aromatic rings. The van der Waals surface area contributed by atoms with Crippen LogP contribution in [0.25, 0.3) is 16.8 Å². The van der Waals surface area contributed by atoms with Crippen molar-refractivity contribution >= 4 is 27.3 Å². The van der Waals surface area contributed by atoms with E-state index in [0.29, 0.717) is 63.5 Å². The van der Waals surface area contributed by atoms with Gasteiger partial charge in [-0.15, -0.1) is 5.10 Å². The maximum atomic E-state index is 13.8. The number of pyridine rings is 1. The lowest BCUT2D eigenvalue weighted by Gasteiger charge is -2.32. The third kappa shape index (κ3) is 4.16. The topological polar surface area (TPSA) is 112 Å². The normalized spacial score (nSPS) is 19.6. The molecule has 0 aliphatic carbocycles. The van der Waals surface area contributed by atoms with Crippen LogP contribution < -0.4 is 10.2 Å². The number of nitrogens with one attached hydrogen (secondary N) is 2.